The third-order valence-corrected chi connectivity index (χ3v) is 5.22. The summed E-state index contributed by atoms with van der Waals surface area (Å²) < 4.78 is 5.25. The van der Waals surface area contributed by atoms with Crippen LogP contribution in [-0.2, 0) is 6.54 Å². The zero-order chi connectivity index (χ0) is 14.9. The second kappa shape index (κ2) is 5.93. The van der Waals surface area contributed by atoms with Gasteiger partial charge in [-0.05, 0) is 38.2 Å². The van der Waals surface area contributed by atoms with Crippen molar-refractivity contribution < 1.29 is 4.74 Å². The molecule has 1 aliphatic carbocycles. The first-order chi connectivity index (χ1) is 10.1. The summed E-state index contributed by atoms with van der Waals surface area (Å²) in [5.74, 6) is 1.60. The average molecular weight is 289 g/mol. The largest absolute Gasteiger partial charge is 0.481 e. The van der Waals surface area contributed by atoms with Crippen molar-refractivity contribution in [1.82, 2.24) is 15.2 Å². The summed E-state index contributed by atoms with van der Waals surface area (Å²) in [6.07, 6.45) is 3.94. The number of hydrogen-bond acceptors (Lipinski definition) is 4. The van der Waals surface area contributed by atoms with Crippen LogP contribution in [0.15, 0.2) is 18.2 Å². The van der Waals surface area contributed by atoms with Gasteiger partial charge in [-0.25, -0.2) is 4.98 Å². The van der Waals surface area contributed by atoms with E-state index in [1.165, 1.54) is 12.8 Å². The van der Waals surface area contributed by atoms with E-state index in [1.807, 2.05) is 12.1 Å². The molecule has 0 amide bonds. The lowest BCUT2D eigenvalue weighted by Crippen LogP contribution is -2.63. The molecule has 1 aromatic rings. The van der Waals surface area contributed by atoms with Gasteiger partial charge in [0, 0.05) is 37.3 Å². The number of nitrogens with zero attached hydrogens (tertiary/aromatic N) is 2. The maximum absolute atomic E-state index is 5.25. The third kappa shape index (κ3) is 3.22. The Labute approximate surface area is 127 Å². The first kappa shape index (κ1) is 14.8. The number of rotatable bonds is 5. The van der Waals surface area contributed by atoms with Crippen molar-refractivity contribution in [3.05, 3.63) is 23.9 Å². The maximum atomic E-state index is 5.25. The number of piperazine rings is 1. The molecule has 0 bridgehead atoms. The zero-order valence-corrected chi connectivity index (χ0v) is 13.4. The average Bonchev–Trinajstić information content (AvgIpc) is 3.34. The molecule has 0 aromatic carbocycles. The second-order valence-corrected chi connectivity index (χ2v) is 6.73. The molecule has 3 rings (SSSR count). The molecule has 4 nitrogen and oxygen atoms in total. The number of hydrogen-bond donors (Lipinski definition) is 1. The maximum Gasteiger partial charge on any atom is 0.213 e. The van der Waals surface area contributed by atoms with Crippen molar-refractivity contribution >= 4 is 0 Å². The third-order valence-electron chi connectivity index (χ3n) is 5.22. The summed E-state index contributed by atoms with van der Waals surface area (Å²) in [6.45, 7) is 7.77. The molecule has 0 spiro atoms. The van der Waals surface area contributed by atoms with Gasteiger partial charge in [-0.1, -0.05) is 13.0 Å². The molecule has 2 unspecified atom stereocenters. The van der Waals surface area contributed by atoms with Crippen LogP contribution in [0.1, 0.15) is 38.8 Å². The molecule has 1 aliphatic heterocycles. The Morgan fingerprint density at radius 3 is 2.90 bits per heavy atom. The van der Waals surface area contributed by atoms with Gasteiger partial charge in [0.05, 0.1) is 12.8 Å². The topological polar surface area (TPSA) is 37.4 Å². The predicted octanol–water partition coefficient (Wildman–Crippen LogP) is 2.44. The number of nitrogens with one attached hydrogen (secondary N) is 1. The molecule has 1 aromatic heterocycles. The fourth-order valence-corrected chi connectivity index (χ4v) is 3.26. The highest BCUT2D eigenvalue weighted by atomic mass is 16.5. The lowest BCUT2D eigenvalue weighted by atomic mass is 9.91. The smallest absolute Gasteiger partial charge is 0.213 e. The van der Waals surface area contributed by atoms with Crippen LogP contribution in [0, 0.1) is 5.92 Å². The van der Waals surface area contributed by atoms with E-state index >= 15 is 0 Å². The molecule has 116 valence electrons. The van der Waals surface area contributed by atoms with E-state index in [1.54, 1.807) is 7.11 Å². The summed E-state index contributed by atoms with van der Waals surface area (Å²) in [4.78, 5) is 7.21. The standard InChI is InChI=1S/C17H27N3O/c1-4-17(2)12-18-15(13-8-9-13)11-20(17)10-14-6-5-7-16(19-14)21-3/h5-7,13,15,18H,4,8-12H2,1-3H3. The molecular formula is C17H27N3O. The van der Waals surface area contributed by atoms with Crippen molar-refractivity contribution in [2.24, 2.45) is 5.92 Å². The molecule has 2 atom stereocenters. The lowest BCUT2D eigenvalue weighted by Gasteiger charge is -2.48. The minimum absolute atomic E-state index is 0.218. The fraction of sp³-hybridized carbons (Fsp3) is 0.706. The van der Waals surface area contributed by atoms with E-state index in [-0.39, 0.29) is 5.54 Å². The lowest BCUT2D eigenvalue weighted by molar-refractivity contribution is 0.0358. The molecule has 0 radical (unpaired) electrons. The van der Waals surface area contributed by atoms with Crippen molar-refractivity contribution in [2.75, 3.05) is 20.2 Å². The Balaban J connectivity index is 1.74. The number of aromatic nitrogens is 1. The summed E-state index contributed by atoms with van der Waals surface area (Å²) >= 11 is 0. The molecule has 2 heterocycles. The minimum Gasteiger partial charge on any atom is -0.481 e. The summed E-state index contributed by atoms with van der Waals surface area (Å²) in [7, 11) is 1.68. The van der Waals surface area contributed by atoms with Crippen molar-refractivity contribution in [3.8, 4) is 5.88 Å². The number of methoxy groups -OCH3 is 1. The first-order valence-electron chi connectivity index (χ1n) is 8.13. The minimum atomic E-state index is 0.218. The van der Waals surface area contributed by atoms with Crippen molar-refractivity contribution in [3.63, 3.8) is 0 Å². The van der Waals surface area contributed by atoms with E-state index < -0.39 is 0 Å². The Morgan fingerprint density at radius 1 is 1.43 bits per heavy atom. The molecule has 2 aliphatic rings. The van der Waals surface area contributed by atoms with Gasteiger partial charge >= 0.3 is 0 Å². The van der Waals surface area contributed by atoms with Gasteiger partial charge < -0.3 is 10.1 Å². The van der Waals surface area contributed by atoms with Gasteiger partial charge in [0.15, 0.2) is 0 Å². The van der Waals surface area contributed by atoms with Crippen LogP contribution in [0.2, 0.25) is 0 Å². The molecule has 21 heavy (non-hydrogen) atoms. The van der Waals surface area contributed by atoms with Crippen molar-refractivity contribution in [1.29, 1.82) is 0 Å². The fourth-order valence-electron chi connectivity index (χ4n) is 3.26. The zero-order valence-electron chi connectivity index (χ0n) is 13.4. The Hall–Kier alpha value is -1.13. The normalized spacial score (nSPS) is 30.3. The quantitative estimate of drug-likeness (QED) is 0.903. The van der Waals surface area contributed by atoms with Crippen LogP contribution in [0.4, 0.5) is 0 Å². The highest BCUT2D eigenvalue weighted by Gasteiger charge is 2.41. The van der Waals surface area contributed by atoms with Gasteiger partial charge in [0.25, 0.3) is 0 Å². The molecule has 2 fully saturated rings. The number of ether oxygens (including phenoxy) is 1. The van der Waals surface area contributed by atoms with Crippen LogP contribution >= 0.6 is 0 Å². The van der Waals surface area contributed by atoms with Crippen LogP contribution in [0.25, 0.3) is 0 Å². The van der Waals surface area contributed by atoms with E-state index in [4.69, 9.17) is 4.74 Å². The van der Waals surface area contributed by atoms with Crippen LogP contribution in [-0.4, -0.2) is 41.7 Å². The van der Waals surface area contributed by atoms with Gasteiger partial charge in [0.1, 0.15) is 0 Å². The molecular weight excluding hydrogens is 262 g/mol. The second-order valence-electron chi connectivity index (χ2n) is 6.73. The van der Waals surface area contributed by atoms with Crippen molar-refractivity contribution in [2.45, 2.75) is 51.2 Å². The van der Waals surface area contributed by atoms with Gasteiger partial charge in [0.2, 0.25) is 5.88 Å². The number of pyridine rings is 1. The van der Waals surface area contributed by atoms with E-state index in [0.29, 0.717) is 11.9 Å². The Kier molecular flexibility index (Phi) is 4.18. The summed E-state index contributed by atoms with van der Waals surface area (Å²) in [5.41, 5.74) is 1.32. The molecule has 4 heteroatoms. The van der Waals surface area contributed by atoms with Gasteiger partial charge in [-0.15, -0.1) is 0 Å². The van der Waals surface area contributed by atoms with Gasteiger partial charge in [-0.3, -0.25) is 4.90 Å². The Morgan fingerprint density at radius 2 is 2.24 bits per heavy atom. The predicted molar refractivity (Wildman–Crippen MR) is 84.4 cm³/mol. The Bertz CT molecular complexity index is 489. The molecule has 1 saturated heterocycles. The van der Waals surface area contributed by atoms with E-state index in [0.717, 1.165) is 37.7 Å². The summed E-state index contributed by atoms with van der Waals surface area (Å²) in [6, 6.07) is 6.71. The van der Waals surface area contributed by atoms with Crippen LogP contribution in [0.5, 0.6) is 5.88 Å². The van der Waals surface area contributed by atoms with E-state index in [9.17, 15) is 0 Å². The van der Waals surface area contributed by atoms with Crippen LogP contribution < -0.4 is 10.1 Å². The van der Waals surface area contributed by atoms with E-state index in [2.05, 4.69) is 35.1 Å². The molecule has 1 N–H and O–H groups in total. The highest BCUT2D eigenvalue weighted by Crippen LogP contribution is 2.36. The molecule has 1 saturated carbocycles. The van der Waals surface area contributed by atoms with Crippen LogP contribution in [0.3, 0.4) is 0 Å². The monoisotopic (exact) mass is 289 g/mol. The van der Waals surface area contributed by atoms with Gasteiger partial charge in [-0.2, -0.15) is 0 Å². The first-order valence-corrected chi connectivity index (χ1v) is 8.13. The highest BCUT2D eigenvalue weighted by molar-refractivity contribution is 5.16. The summed E-state index contributed by atoms with van der Waals surface area (Å²) in [5, 5.41) is 3.77. The SMILES string of the molecule is CCC1(C)CNC(C2CC2)CN1Cc1cccc(OC)n1.